The van der Waals surface area contributed by atoms with E-state index in [9.17, 15) is 0 Å². The second kappa shape index (κ2) is 4.06. The lowest BCUT2D eigenvalue weighted by Gasteiger charge is -2.24. The highest BCUT2D eigenvalue weighted by molar-refractivity contribution is 5.55. The van der Waals surface area contributed by atoms with Gasteiger partial charge in [-0.25, -0.2) is 4.99 Å². The van der Waals surface area contributed by atoms with Crippen LogP contribution in [0.3, 0.4) is 0 Å². The Bertz CT molecular complexity index is 125. The fraction of sp³-hybridized carbons (Fsp3) is 0.571. The molecule has 0 aromatic carbocycles. The summed E-state index contributed by atoms with van der Waals surface area (Å²) in [6, 6.07) is 0. The zero-order valence-corrected chi connectivity index (χ0v) is 6.08. The van der Waals surface area contributed by atoms with E-state index in [0.717, 1.165) is 26.2 Å². The van der Waals surface area contributed by atoms with Gasteiger partial charge in [0.05, 0.1) is 6.34 Å². The second-order valence-electron chi connectivity index (χ2n) is 2.23. The Morgan fingerprint density at radius 3 is 2.70 bits per heavy atom. The zero-order valence-electron chi connectivity index (χ0n) is 6.08. The van der Waals surface area contributed by atoms with E-state index in [-0.39, 0.29) is 0 Å². The molecule has 0 amide bonds. The van der Waals surface area contributed by atoms with Gasteiger partial charge in [-0.2, -0.15) is 0 Å². The topological polar surface area (TPSA) is 27.6 Å². The molecule has 3 nitrogen and oxygen atoms in total. The Kier molecular flexibility index (Phi) is 2.96. The van der Waals surface area contributed by atoms with Crippen molar-refractivity contribution < 1.29 is 0 Å². The number of piperazine rings is 1. The second-order valence-corrected chi connectivity index (χ2v) is 2.23. The first-order valence-corrected chi connectivity index (χ1v) is 3.52. The minimum atomic E-state index is 1.05. The van der Waals surface area contributed by atoms with Crippen molar-refractivity contribution >= 4 is 6.34 Å². The third-order valence-corrected chi connectivity index (χ3v) is 1.49. The summed E-state index contributed by atoms with van der Waals surface area (Å²) in [6.45, 7) is 7.73. The van der Waals surface area contributed by atoms with Gasteiger partial charge in [0.25, 0.3) is 0 Å². The molecule has 1 heterocycles. The van der Waals surface area contributed by atoms with E-state index in [1.165, 1.54) is 0 Å². The summed E-state index contributed by atoms with van der Waals surface area (Å²) in [5.74, 6) is 0. The molecule has 0 radical (unpaired) electrons. The van der Waals surface area contributed by atoms with Crippen LogP contribution < -0.4 is 5.32 Å². The molecule has 0 aliphatic carbocycles. The smallest absolute Gasteiger partial charge is 0.0905 e. The molecule has 0 atom stereocenters. The predicted octanol–water partition coefficient (Wildman–Crippen LogP) is 0.0634. The van der Waals surface area contributed by atoms with Gasteiger partial charge < -0.3 is 10.2 Å². The van der Waals surface area contributed by atoms with Crippen molar-refractivity contribution in [2.24, 2.45) is 4.99 Å². The third-order valence-electron chi connectivity index (χ3n) is 1.49. The van der Waals surface area contributed by atoms with E-state index in [2.05, 4.69) is 21.8 Å². The van der Waals surface area contributed by atoms with Crippen LogP contribution in [-0.4, -0.2) is 37.4 Å². The summed E-state index contributed by atoms with van der Waals surface area (Å²) in [4.78, 5) is 6.11. The van der Waals surface area contributed by atoms with E-state index in [0.29, 0.717) is 0 Å². The van der Waals surface area contributed by atoms with Crippen molar-refractivity contribution in [3.63, 3.8) is 0 Å². The standard InChI is InChI=1S/C7H13N3/c1-2-8-7-10-5-3-9-4-6-10/h2,7,9H,1,3-6H2/b8-7+. The lowest BCUT2D eigenvalue weighted by atomic mass is 10.4. The Hall–Kier alpha value is -0.830. The van der Waals surface area contributed by atoms with Crippen molar-refractivity contribution in [1.82, 2.24) is 10.2 Å². The number of rotatable bonds is 2. The highest BCUT2D eigenvalue weighted by Gasteiger charge is 2.03. The molecule has 1 saturated heterocycles. The molecule has 10 heavy (non-hydrogen) atoms. The minimum Gasteiger partial charge on any atom is -0.360 e. The molecular formula is C7H13N3. The number of hydrogen-bond donors (Lipinski definition) is 1. The molecule has 1 rings (SSSR count). The molecule has 1 N–H and O–H groups in total. The zero-order chi connectivity index (χ0) is 7.23. The highest BCUT2D eigenvalue weighted by atomic mass is 15.2. The fourth-order valence-electron chi connectivity index (χ4n) is 0.939. The van der Waals surface area contributed by atoms with Crippen molar-refractivity contribution in [1.29, 1.82) is 0 Å². The van der Waals surface area contributed by atoms with Gasteiger partial charge in [-0.3, -0.25) is 0 Å². The van der Waals surface area contributed by atoms with Crippen molar-refractivity contribution in [3.8, 4) is 0 Å². The predicted molar refractivity (Wildman–Crippen MR) is 43.1 cm³/mol. The summed E-state index contributed by atoms with van der Waals surface area (Å²) in [6.07, 6.45) is 3.40. The average Bonchev–Trinajstić information content (AvgIpc) is 2.03. The quantitative estimate of drug-likeness (QED) is 0.433. The first-order valence-electron chi connectivity index (χ1n) is 3.52. The van der Waals surface area contributed by atoms with Crippen LogP contribution in [0, 0.1) is 0 Å². The molecule has 3 heteroatoms. The average molecular weight is 139 g/mol. The Morgan fingerprint density at radius 2 is 2.10 bits per heavy atom. The molecular weight excluding hydrogens is 126 g/mol. The van der Waals surface area contributed by atoms with Gasteiger partial charge in [0.15, 0.2) is 0 Å². The molecule has 0 aromatic rings. The molecule has 0 unspecified atom stereocenters. The van der Waals surface area contributed by atoms with Crippen LogP contribution in [0.15, 0.2) is 17.8 Å². The molecule has 0 spiro atoms. The van der Waals surface area contributed by atoms with Crippen LogP contribution in [0.1, 0.15) is 0 Å². The van der Waals surface area contributed by atoms with Crippen molar-refractivity contribution in [2.45, 2.75) is 0 Å². The summed E-state index contributed by atoms with van der Waals surface area (Å²) in [5.41, 5.74) is 0. The lowest BCUT2D eigenvalue weighted by molar-refractivity contribution is 0.366. The molecule has 0 bridgehead atoms. The van der Waals surface area contributed by atoms with E-state index in [1.807, 2.05) is 6.34 Å². The Balaban J connectivity index is 2.25. The van der Waals surface area contributed by atoms with E-state index < -0.39 is 0 Å². The summed E-state index contributed by atoms with van der Waals surface area (Å²) < 4.78 is 0. The van der Waals surface area contributed by atoms with Gasteiger partial charge in [0.2, 0.25) is 0 Å². The van der Waals surface area contributed by atoms with Crippen molar-refractivity contribution in [2.75, 3.05) is 26.2 Å². The molecule has 1 aliphatic rings. The largest absolute Gasteiger partial charge is 0.360 e. The van der Waals surface area contributed by atoms with Crippen LogP contribution in [0.25, 0.3) is 0 Å². The highest BCUT2D eigenvalue weighted by Crippen LogP contribution is 1.86. The summed E-state index contributed by atoms with van der Waals surface area (Å²) in [7, 11) is 0. The lowest BCUT2D eigenvalue weighted by Crippen LogP contribution is -2.42. The maximum Gasteiger partial charge on any atom is 0.0905 e. The van der Waals surface area contributed by atoms with E-state index in [1.54, 1.807) is 6.20 Å². The SMILES string of the molecule is C=C/N=C/N1CCNCC1. The number of aliphatic imine (C=N–C) groups is 1. The molecule has 1 aliphatic heterocycles. The van der Waals surface area contributed by atoms with Gasteiger partial charge in [-0.15, -0.1) is 0 Å². The van der Waals surface area contributed by atoms with Crippen LogP contribution in [0.4, 0.5) is 0 Å². The van der Waals surface area contributed by atoms with Gasteiger partial charge >= 0.3 is 0 Å². The van der Waals surface area contributed by atoms with E-state index >= 15 is 0 Å². The van der Waals surface area contributed by atoms with Crippen LogP contribution in [-0.2, 0) is 0 Å². The monoisotopic (exact) mass is 139 g/mol. The molecule has 56 valence electrons. The van der Waals surface area contributed by atoms with Crippen LogP contribution >= 0.6 is 0 Å². The summed E-state index contributed by atoms with van der Waals surface area (Å²) in [5, 5.41) is 3.26. The Labute approximate surface area is 61.4 Å². The first-order chi connectivity index (χ1) is 4.93. The molecule has 0 saturated carbocycles. The Morgan fingerprint density at radius 1 is 1.40 bits per heavy atom. The number of nitrogens with one attached hydrogen (secondary N) is 1. The number of hydrogen-bond acceptors (Lipinski definition) is 2. The first kappa shape index (κ1) is 7.28. The normalized spacial score (nSPS) is 19.8. The van der Waals surface area contributed by atoms with Gasteiger partial charge in [-0.05, 0) is 0 Å². The molecule has 0 aromatic heterocycles. The maximum absolute atomic E-state index is 3.93. The van der Waals surface area contributed by atoms with Gasteiger partial charge in [0.1, 0.15) is 0 Å². The van der Waals surface area contributed by atoms with Crippen molar-refractivity contribution in [3.05, 3.63) is 12.8 Å². The third kappa shape index (κ3) is 2.19. The van der Waals surface area contributed by atoms with Crippen LogP contribution in [0.5, 0.6) is 0 Å². The number of nitrogens with zero attached hydrogens (tertiary/aromatic N) is 2. The van der Waals surface area contributed by atoms with Gasteiger partial charge in [0, 0.05) is 32.4 Å². The van der Waals surface area contributed by atoms with Gasteiger partial charge in [-0.1, -0.05) is 6.58 Å². The maximum atomic E-state index is 3.93. The minimum absolute atomic E-state index is 1.05. The van der Waals surface area contributed by atoms with E-state index in [4.69, 9.17) is 0 Å². The fourth-order valence-corrected chi connectivity index (χ4v) is 0.939. The summed E-state index contributed by atoms with van der Waals surface area (Å²) >= 11 is 0. The molecule has 1 fully saturated rings. The van der Waals surface area contributed by atoms with Crippen LogP contribution in [0.2, 0.25) is 0 Å².